The zero-order chi connectivity index (χ0) is 14.8. The minimum atomic E-state index is 0.641. The van der Waals surface area contributed by atoms with Gasteiger partial charge in [-0.15, -0.1) is 0 Å². The second kappa shape index (κ2) is 9.76. The lowest BCUT2D eigenvalue weighted by Gasteiger charge is -2.28. The maximum absolute atomic E-state index is 4.38. The minimum Gasteiger partial charge on any atom is -0.370 e. The number of hydrogen-bond donors (Lipinski definition) is 1. The van der Waals surface area contributed by atoms with Gasteiger partial charge in [-0.1, -0.05) is 27.2 Å². The van der Waals surface area contributed by atoms with Crippen LogP contribution in [0.4, 0.5) is 5.82 Å². The number of hydrogen-bond acceptors (Lipinski definition) is 3. The summed E-state index contributed by atoms with van der Waals surface area (Å²) in [6, 6.07) is 4.97. The lowest BCUT2D eigenvalue weighted by atomic mass is 10.1. The van der Waals surface area contributed by atoms with Gasteiger partial charge in [0.1, 0.15) is 5.82 Å². The van der Waals surface area contributed by atoms with Crippen LogP contribution in [0.5, 0.6) is 0 Å². The Morgan fingerprint density at radius 1 is 1.25 bits per heavy atom. The number of unbranched alkanes of at least 4 members (excludes halogenated alkanes) is 1. The normalized spacial score (nSPS) is 12.7. The van der Waals surface area contributed by atoms with E-state index in [2.05, 4.69) is 55.0 Å². The zero-order valence-electron chi connectivity index (χ0n) is 13.7. The summed E-state index contributed by atoms with van der Waals surface area (Å²) >= 11 is 0. The molecule has 0 saturated carbocycles. The smallest absolute Gasteiger partial charge is 0.126 e. The maximum atomic E-state index is 4.38. The van der Waals surface area contributed by atoms with Crippen molar-refractivity contribution in [1.29, 1.82) is 0 Å². The molecule has 0 spiro atoms. The van der Waals surface area contributed by atoms with Gasteiger partial charge in [-0.05, 0) is 50.4 Å². The van der Waals surface area contributed by atoms with Gasteiger partial charge in [0.05, 0.1) is 0 Å². The largest absolute Gasteiger partial charge is 0.370 e. The molecule has 3 nitrogen and oxygen atoms in total. The van der Waals surface area contributed by atoms with Crippen molar-refractivity contribution in [2.45, 2.75) is 66.0 Å². The van der Waals surface area contributed by atoms with Crippen molar-refractivity contribution in [3.8, 4) is 0 Å². The van der Waals surface area contributed by atoms with Crippen molar-refractivity contribution in [2.24, 2.45) is 0 Å². The van der Waals surface area contributed by atoms with Crippen molar-refractivity contribution >= 4 is 5.82 Å². The van der Waals surface area contributed by atoms with Crippen LogP contribution < -0.4 is 5.32 Å². The van der Waals surface area contributed by atoms with E-state index in [-0.39, 0.29) is 0 Å². The third-order valence-corrected chi connectivity index (χ3v) is 3.78. The summed E-state index contributed by atoms with van der Waals surface area (Å²) in [5.41, 5.74) is 1.36. The summed E-state index contributed by atoms with van der Waals surface area (Å²) in [6.45, 7) is 12.2. The summed E-state index contributed by atoms with van der Waals surface area (Å²) in [4.78, 5) is 6.97. The van der Waals surface area contributed by atoms with Crippen molar-refractivity contribution in [3.05, 3.63) is 23.9 Å². The van der Waals surface area contributed by atoms with Crippen LogP contribution in [0.1, 0.15) is 58.9 Å². The minimum absolute atomic E-state index is 0.641. The zero-order valence-corrected chi connectivity index (χ0v) is 13.7. The topological polar surface area (TPSA) is 28.2 Å². The van der Waals surface area contributed by atoms with Crippen molar-refractivity contribution in [3.63, 3.8) is 0 Å². The number of pyridine rings is 1. The molecule has 0 aliphatic heterocycles. The second-order valence-electron chi connectivity index (χ2n) is 5.56. The van der Waals surface area contributed by atoms with E-state index in [1.807, 2.05) is 6.20 Å². The van der Waals surface area contributed by atoms with E-state index in [9.17, 15) is 0 Å². The quantitative estimate of drug-likeness (QED) is 0.691. The van der Waals surface area contributed by atoms with Crippen LogP contribution in [-0.2, 0) is 6.54 Å². The predicted molar refractivity (Wildman–Crippen MR) is 88.1 cm³/mol. The predicted octanol–water partition coefficient (Wildman–Crippen LogP) is 4.30. The Labute approximate surface area is 124 Å². The first kappa shape index (κ1) is 17.0. The molecule has 0 radical (unpaired) electrons. The van der Waals surface area contributed by atoms with Gasteiger partial charge in [0.15, 0.2) is 0 Å². The third kappa shape index (κ3) is 5.91. The molecule has 1 rings (SSSR count). The van der Waals surface area contributed by atoms with Gasteiger partial charge in [0.2, 0.25) is 0 Å². The van der Waals surface area contributed by atoms with Crippen molar-refractivity contribution in [1.82, 2.24) is 9.88 Å². The molecule has 114 valence electrons. The summed E-state index contributed by atoms with van der Waals surface area (Å²) in [5.74, 6) is 1.00. The Hall–Kier alpha value is -1.09. The molecule has 0 fully saturated rings. The monoisotopic (exact) mass is 277 g/mol. The van der Waals surface area contributed by atoms with Crippen LogP contribution in [0.15, 0.2) is 18.3 Å². The van der Waals surface area contributed by atoms with E-state index in [0.717, 1.165) is 25.3 Å². The lowest BCUT2D eigenvalue weighted by molar-refractivity contribution is 0.192. The van der Waals surface area contributed by atoms with Crippen LogP contribution in [0, 0.1) is 0 Å². The van der Waals surface area contributed by atoms with Gasteiger partial charge in [-0.2, -0.15) is 0 Å². The van der Waals surface area contributed by atoms with Gasteiger partial charge >= 0.3 is 0 Å². The Balaban J connectivity index is 2.66. The van der Waals surface area contributed by atoms with Crippen LogP contribution >= 0.6 is 0 Å². The van der Waals surface area contributed by atoms with Gasteiger partial charge in [-0.25, -0.2) is 4.98 Å². The molecular formula is C17H31N3. The number of rotatable bonds is 10. The Morgan fingerprint density at radius 3 is 2.70 bits per heavy atom. The average molecular weight is 277 g/mol. The van der Waals surface area contributed by atoms with Crippen molar-refractivity contribution < 1.29 is 0 Å². The number of aromatic nitrogens is 1. The molecule has 0 aliphatic rings. The Morgan fingerprint density at radius 2 is 2.05 bits per heavy atom. The Kier molecular flexibility index (Phi) is 8.28. The highest BCUT2D eigenvalue weighted by molar-refractivity contribution is 5.37. The molecule has 0 aromatic carbocycles. The number of nitrogens with one attached hydrogen (secondary N) is 1. The van der Waals surface area contributed by atoms with Crippen molar-refractivity contribution in [2.75, 3.05) is 18.4 Å². The molecule has 1 aromatic heterocycles. The van der Waals surface area contributed by atoms with Gasteiger partial charge in [0, 0.05) is 25.3 Å². The van der Waals surface area contributed by atoms with Gasteiger partial charge in [0.25, 0.3) is 0 Å². The van der Waals surface area contributed by atoms with E-state index < -0.39 is 0 Å². The fourth-order valence-corrected chi connectivity index (χ4v) is 2.23. The molecule has 1 unspecified atom stereocenters. The van der Waals surface area contributed by atoms with Gasteiger partial charge in [-0.3, -0.25) is 4.90 Å². The molecule has 20 heavy (non-hydrogen) atoms. The van der Waals surface area contributed by atoms with Gasteiger partial charge < -0.3 is 5.32 Å². The lowest BCUT2D eigenvalue weighted by Crippen LogP contribution is -2.33. The van der Waals surface area contributed by atoms with Crippen LogP contribution in [0.25, 0.3) is 0 Å². The first-order valence-corrected chi connectivity index (χ1v) is 8.14. The molecule has 0 bridgehead atoms. The Bertz CT molecular complexity index is 365. The molecule has 0 amide bonds. The molecule has 1 N–H and O–H groups in total. The van der Waals surface area contributed by atoms with E-state index in [1.165, 1.54) is 31.4 Å². The summed E-state index contributed by atoms with van der Waals surface area (Å²) < 4.78 is 0. The fraction of sp³-hybridized carbons (Fsp3) is 0.706. The molecular weight excluding hydrogens is 246 g/mol. The average Bonchev–Trinajstić information content (AvgIpc) is 2.49. The summed E-state index contributed by atoms with van der Waals surface area (Å²) in [5, 5.41) is 3.36. The first-order chi connectivity index (χ1) is 9.71. The molecule has 1 heterocycles. The second-order valence-corrected chi connectivity index (χ2v) is 5.56. The standard InChI is InChI=1S/C17H31N3/c1-5-8-12-20(15(4)7-3)14-16-9-11-19-17(13-16)18-10-6-2/h9,11,13,15H,5-8,10,12,14H2,1-4H3,(H,18,19). The number of nitrogens with zero attached hydrogens (tertiary/aromatic N) is 2. The van der Waals surface area contributed by atoms with E-state index in [0.29, 0.717) is 6.04 Å². The van der Waals surface area contributed by atoms with Crippen LogP contribution in [0.3, 0.4) is 0 Å². The highest BCUT2D eigenvalue weighted by atomic mass is 15.1. The molecule has 0 aliphatic carbocycles. The van der Waals surface area contributed by atoms with E-state index >= 15 is 0 Å². The van der Waals surface area contributed by atoms with Crippen LogP contribution in [-0.4, -0.2) is 29.0 Å². The molecule has 1 aromatic rings. The fourth-order valence-electron chi connectivity index (χ4n) is 2.23. The highest BCUT2D eigenvalue weighted by Gasteiger charge is 2.12. The first-order valence-electron chi connectivity index (χ1n) is 8.14. The SMILES string of the molecule is CCCCN(Cc1ccnc(NCCC)c1)C(C)CC. The number of anilines is 1. The third-order valence-electron chi connectivity index (χ3n) is 3.78. The van der Waals surface area contributed by atoms with E-state index in [1.54, 1.807) is 0 Å². The summed E-state index contributed by atoms with van der Waals surface area (Å²) in [7, 11) is 0. The summed E-state index contributed by atoms with van der Waals surface area (Å²) in [6.07, 6.45) is 6.78. The highest BCUT2D eigenvalue weighted by Crippen LogP contribution is 2.14. The van der Waals surface area contributed by atoms with E-state index in [4.69, 9.17) is 0 Å². The molecule has 1 atom stereocenters. The molecule has 0 saturated heterocycles. The maximum Gasteiger partial charge on any atom is 0.126 e. The van der Waals surface area contributed by atoms with Crippen LogP contribution in [0.2, 0.25) is 0 Å². The molecule has 3 heteroatoms.